The molecule has 0 radical (unpaired) electrons. The van der Waals surface area contributed by atoms with Gasteiger partial charge in [-0.25, -0.2) is 0 Å². The molecular weight excluding hydrogens is 204 g/mol. The van der Waals surface area contributed by atoms with Crippen LogP contribution in [0.1, 0.15) is 24.2 Å². The molecule has 0 spiro atoms. The Kier molecular flexibility index (Phi) is 3.83. The molecule has 4 nitrogen and oxygen atoms in total. The van der Waals surface area contributed by atoms with Crippen LogP contribution in [0.4, 0.5) is 0 Å². The lowest BCUT2D eigenvalue weighted by Gasteiger charge is -2.00. The van der Waals surface area contributed by atoms with E-state index < -0.39 is 5.91 Å². The molecule has 2 rings (SSSR count). The Morgan fingerprint density at radius 2 is 1.94 bits per heavy atom. The zero-order valence-corrected chi connectivity index (χ0v) is 9.28. The van der Waals surface area contributed by atoms with E-state index in [-0.39, 0.29) is 11.0 Å². The number of hydrogen-bond acceptors (Lipinski definition) is 2. The SMILES string of the molecule is CC.NC(=O)c1cccc2[nH]ccc(=O)c12. The molecule has 0 bridgehead atoms. The summed E-state index contributed by atoms with van der Waals surface area (Å²) in [6.45, 7) is 4.00. The lowest BCUT2D eigenvalue weighted by molar-refractivity contribution is 0.100. The molecule has 0 aliphatic rings. The number of carbonyl (C=O) groups is 1. The maximum atomic E-state index is 11.5. The van der Waals surface area contributed by atoms with E-state index in [9.17, 15) is 9.59 Å². The highest BCUT2D eigenvalue weighted by atomic mass is 16.1. The van der Waals surface area contributed by atoms with Crippen molar-refractivity contribution in [3.05, 3.63) is 46.2 Å². The monoisotopic (exact) mass is 218 g/mol. The van der Waals surface area contributed by atoms with E-state index in [4.69, 9.17) is 5.73 Å². The standard InChI is InChI=1S/C10H8N2O2.C2H6/c11-10(14)6-2-1-3-7-9(6)8(13)4-5-12-7;1-2/h1-5H,(H2,11,14)(H,12,13);1-2H3. The van der Waals surface area contributed by atoms with Crippen LogP contribution in [0.5, 0.6) is 0 Å². The van der Waals surface area contributed by atoms with Gasteiger partial charge in [0.1, 0.15) is 0 Å². The molecule has 2 aromatic rings. The van der Waals surface area contributed by atoms with E-state index in [0.29, 0.717) is 10.9 Å². The molecule has 1 aromatic carbocycles. The number of hydrogen-bond donors (Lipinski definition) is 2. The molecule has 0 aliphatic heterocycles. The molecule has 84 valence electrons. The summed E-state index contributed by atoms with van der Waals surface area (Å²) in [5.74, 6) is -0.590. The number of nitrogens with two attached hydrogens (primary N) is 1. The van der Waals surface area contributed by atoms with E-state index in [1.54, 1.807) is 18.2 Å². The van der Waals surface area contributed by atoms with Gasteiger partial charge >= 0.3 is 0 Å². The third-order valence-electron chi connectivity index (χ3n) is 2.05. The molecule has 4 heteroatoms. The second-order valence-corrected chi connectivity index (χ2v) is 2.93. The topological polar surface area (TPSA) is 76.0 Å². The molecule has 1 aromatic heterocycles. The predicted octanol–water partition coefficient (Wildman–Crippen LogP) is 1.65. The summed E-state index contributed by atoms with van der Waals surface area (Å²) < 4.78 is 0. The van der Waals surface area contributed by atoms with Gasteiger partial charge in [0, 0.05) is 12.3 Å². The van der Waals surface area contributed by atoms with Gasteiger partial charge in [-0.05, 0) is 12.1 Å². The summed E-state index contributed by atoms with van der Waals surface area (Å²) in [5, 5.41) is 0.350. The molecule has 0 aliphatic carbocycles. The fourth-order valence-electron chi connectivity index (χ4n) is 1.43. The third kappa shape index (κ3) is 2.11. The summed E-state index contributed by atoms with van der Waals surface area (Å²) in [6, 6.07) is 6.32. The van der Waals surface area contributed by atoms with Crippen LogP contribution >= 0.6 is 0 Å². The summed E-state index contributed by atoms with van der Waals surface area (Å²) in [7, 11) is 0. The highest BCUT2D eigenvalue weighted by Gasteiger charge is 2.08. The lowest BCUT2D eigenvalue weighted by atomic mass is 10.1. The molecule has 0 fully saturated rings. The summed E-state index contributed by atoms with van der Waals surface area (Å²) in [5.41, 5.74) is 5.83. The Labute approximate surface area is 93.1 Å². The van der Waals surface area contributed by atoms with Crippen LogP contribution < -0.4 is 11.2 Å². The van der Waals surface area contributed by atoms with Crippen molar-refractivity contribution in [3.63, 3.8) is 0 Å². The van der Waals surface area contributed by atoms with Gasteiger partial charge in [-0.2, -0.15) is 0 Å². The number of aromatic nitrogens is 1. The summed E-state index contributed by atoms with van der Waals surface area (Å²) in [4.78, 5) is 25.4. The van der Waals surface area contributed by atoms with Crippen LogP contribution in [-0.2, 0) is 0 Å². The van der Waals surface area contributed by atoms with Gasteiger partial charge in [0.05, 0.1) is 16.5 Å². The van der Waals surface area contributed by atoms with Crippen molar-refractivity contribution < 1.29 is 4.79 Å². The first-order chi connectivity index (χ1) is 7.70. The van der Waals surface area contributed by atoms with Gasteiger partial charge in [0.2, 0.25) is 5.91 Å². The summed E-state index contributed by atoms with van der Waals surface area (Å²) >= 11 is 0. The summed E-state index contributed by atoms with van der Waals surface area (Å²) in [6.07, 6.45) is 1.54. The van der Waals surface area contributed by atoms with Crippen molar-refractivity contribution in [2.45, 2.75) is 13.8 Å². The van der Waals surface area contributed by atoms with Crippen LogP contribution in [0.15, 0.2) is 35.3 Å². The van der Waals surface area contributed by atoms with E-state index in [2.05, 4.69) is 4.98 Å². The minimum Gasteiger partial charge on any atom is -0.366 e. The highest BCUT2D eigenvalue weighted by molar-refractivity contribution is 6.05. The number of rotatable bonds is 1. The predicted molar refractivity (Wildman–Crippen MR) is 64.4 cm³/mol. The van der Waals surface area contributed by atoms with Crippen molar-refractivity contribution in [2.75, 3.05) is 0 Å². The Morgan fingerprint density at radius 3 is 2.56 bits per heavy atom. The number of fused-ring (bicyclic) bond motifs is 1. The Bertz CT molecular complexity index is 553. The number of aromatic amines is 1. The van der Waals surface area contributed by atoms with Gasteiger partial charge in [-0.1, -0.05) is 19.9 Å². The number of amides is 1. The Morgan fingerprint density at radius 1 is 1.25 bits per heavy atom. The zero-order valence-electron chi connectivity index (χ0n) is 9.28. The molecule has 0 unspecified atom stereocenters. The number of H-pyrrole nitrogens is 1. The Hall–Kier alpha value is -2.10. The van der Waals surface area contributed by atoms with Crippen molar-refractivity contribution >= 4 is 16.8 Å². The van der Waals surface area contributed by atoms with E-state index in [1.807, 2.05) is 13.8 Å². The first kappa shape index (κ1) is 12.0. The van der Waals surface area contributed by atoms with Crippen molar-refractivity contribution in [3.8, 4) is 0 Å². The van der Waals surface area contributed by atoms with Crippen LogP contribution in [0.2, 0.25) is 0 Å². The molecule has 0 atom stereocenters. The smallest absolute Gasteiger partial charge is 0.249 e. The van der Waals surface area contributed by atoms with Gasteiger partial charge in [0.15, 0.2) is 5.43 Å². The zero-order chi connectivity index (χ0) is 12.1. The van der Waals surface area contributed by atoms with Crippen molar-refractivity contribution in [1.82, 2.24) is 4.98 Å². The van der Waals surface area contributed by atoms with Gasteiger partial charge in [0.25, 0.3) is 0 Å². The molecule has 3 N–H and O–H groups in total. The lowest BCUT2D eigenvalue weighted by Crippen LogP contribution is -2.15. The van der Waals surface area contributed by atoms with Gasteiger partial charge in [-0.15, -0.1) is 0 Å². The van der Waals surface area contributed by atoms with Gasteiger partial charge in [-0.3, -0.25) is 9.59 Å². The number of primary amides is 1. The molecule has 16 heavy (non-hydrogen) atoms. The average Bonchev–Trinajstić information content (AvgIpc) is 2.31. The minimum atomic E-state index is -0.590. The quantitative estimate of drug-likeness (QED) is 0.763. The number of benzene rings is 1. The van der Waals surface area contributed by atoms with E-state index in [1.165, 1.54) is 12.3 Å². The third-order valence-corrected chi connectivity index (χ3v) is 2.05. The van der Waals surface area contributed by atoms with Crippen LogP contribution in [0.25, 0.3) is 10.9 Å². The largest absolute Gasteiger partial charge is 0.366 e. The Balaban J connectivity index is 0.000000606. The van der Waals surface area contributed by atoms with Crippen LogP contribution in [-0.4, -0.2) is 10.9 Å². The first-order valence-electron chi connectivity index (χ1n) is 5.10. The van der Waals surface area contributed by atoms with Crippen molar-refractivity contribution in [1.29, 1.82) is 0 Å². The second kappa shape index (κ2) is 5.11. The van der Waals surface area contributed by atoms with E-state index >= 15 is 0 Å². The average molecular weight is 218 g/mol. The second-order valence-electron chi connectivity index (χ2n) is 2.93. The maximum absolute atomic E-state index is 11.5. The van der Waals surface area contributed by atoms with E-state index in [0.717, 1.165) is 0 Å². The fourth-order valence-corrected chi connectivity index (χ4v) is 1.43. The maximum Gasteiger partial charge on any atom is 0.249 e. The van der Waals surface area contributed by atoms with Crippen LogP contribution in [0.3, 0.4) is 0 Å². The minimum absolute atomic E-state index is 0.201. The highest BCUT2D eigenvalue weighted by Crippen LogP contribution is 2.11. The molecule has 1 amide bonds. The van der Waals surface area contributed by atoms with Gasteiger partial charge < -0.3 is 10.7 Å². The normalized spacial score (nSPS) is 9.38. The first-order valence-corrected chi connectivity index (χ1v) is 5.10. The number of carbonyl (C=O) groups excluding carboxylic acids is 1. The fraction of sp³-hybridized carbons (Fsp3) is 0.167. The molecular formula is C12H14N2O2. The molecule has 0 saturated carbocycles. The number of nitrogens with one attached hydrogen (secondary N) is 1. The number of pyridine rings is 1. The molecule has 0 saturated heterocycles. The van der Waals surface area contributed by atoms with Crippen molar-refractivity contribution in [2.24, 2.45) is 5.73 Å². The molecule has 1 heterocycles. The van der Waals surface area contributed by atoms with Crippen LogP contribution in [0, 0.1) is 0 Å².